The Hall–Kier alpha value is -2.44. The van der Waals surface area contributed by atoms with E-state index in [-0.39, 0.29) is 5.91 Å². The van der Waals surface area contributed by atoms with Crippen LogP contribution >= 0.6 is 0 Å². The molecule has 1 fully saturated rings. The molecule has 0 saturated heterocycles. The quantitative estimate of drug-likeness (QED) is 0.718. The van der Waals surface area contributed by atoms with Crippen molar-refractivity contribution in [3.63, 3.8) is 0 Å². The fourth-order valence-electron chi connectivity index (χ4n) is 3.02. The van der Waals surface area contributed by atoms with E-state index in [9.17, 15) is 4.79 Å². The number of nitrogens with one attached hydrogen (secondary N) is 1. The van der Waals surface area contributed by atoms with Gasteiger partial charge in [0, 0.05) is 19.0 Å². The molecule has 0 spiro atoms. The molecule has 7 nitrogen and oxygen atoms in total. The van der Waals surface area contributed by atoms with E-state index >= 15 is 0 Å². The normalized spacial score (nSPS) is 15.7. The van der Waals surface area contributed by atoms with Gasteiger partial charge in [-0.25, -0.2) is 4.98 Å². The molecular weight excluding hydrogens is 280 g/mol. The molecule has 1 aliphatic rings. The van der Waals surface area contributed by atoms with Gasteiger partial charge in [0.25, 0.3) is 0 Å². The molecule has 22 heavy (non-hydrogen) atoms. The summed E-state index contributed by atoms with van der Waals surface area (Å²) >= 11 is 0. The van der Waals surface area contributed by atoms with Gasteiger partial charge in [0.1, 0.15) is 5.82 Å². The van der Waals surface area contributed by atoms with Gasteiger partial charge in [-0.15, -0.1) is 10.2 Å². The first-order chi connectivity index (χ1) is 10.7. The smallest absolute Gasteiger partial charge is 0.214 e. The number of nitrogens with two attached hydrogens (primary N) is 1. The first-order valence-corrected chi connectivity index (χ1v) is 7.60. The second-order valence-electron chi connectivity index (χ2n) is 5.67. The Morgan fingerprint density at radius 1 is 1.32 bits per heavy atom. The number of H-pyrrole nitrogens is 1. The number of aromatic nitrogens is 5. The first kappa shape index (κ1) is 14.5. The zero-order valence-electron chi connectivity index (χ0n) is 12.6. The van der Waals surface area contributed by atoms with E-state index in [1.807, 2.05) is 12.3 Å². The van der Waals surface area contributed by atoms with Crippen LogP contribution in [0.25, 0.3) is 16.8 Å². The van der Waals surface area contributed by atoms with Crippen molar-refractivity contribution >= 4 is 22.7 Å². The average Bonchev–Trinajstić information content (AvgIpc) is 3.13. The Morgan fingerprint density at radius 2 is 2.05 bits per heavy atom. The van der Waals surface area contributed by atoms with E-state index in [0.29, 0.717) is 5.92 Å². The van der Waals surface area contributed by atoms with E-state index in [1.54, 1.807) is 6.20 Å². The molecule has 3 N–H and O–H groups in total. The maximum absolute atomic E-state index is 9.22. The maximum Gasteiger partial charge on any atom is 0.214 e. The van der Waals surface area contributed by atoms with Crippen LogP contribution in [-0.4, -0.2) is 30.5 Å². The molecule has 0 bridgehead atoms. The molecule has 0 radical (unpaired) electrons. The number of carbonyl (C=O) groups excluding carboxylic acids is 1. The molecule has 7 heteroatoms. The number of nitrogens with zero attached hydrogens (tertiary/aromatic N) is 4. The van der Waals surface area contributed by atoms with Gasteiger partial charge in [-0.05, 0) is 18.9 Å². The highest BCUT2D eigenvalue weighted by Crippen LogP contribution is 2.32. The fraction of sp³-hybridized carbons (Fsp3) is 0.467. The van der Waals surface area contributed by atoms with E-state index in [2.05, 4.69) is 30.3 Å². The van der Waals surface area contributed by atoms with Gasteiger partial charge in [-0.1, -0.05) is 19.3 Å². The number of rotatable bonds is 1. The lowest BCUT2D eigenvalue weighted by molar-refractivity contribution is -0.115. The summed E-state index contributed by atoms with van der Waals surface area (Å²) in [6.45, 7) is 1.31. The average molecular weight is 300 g/mol. The van der Waals surface area contributed by atoms with Crippen molar-refractivity contribution < 1.29 is 4.79 Å². The zero-order chi connectivity index (χ0) is 15.5. The summed E-state index contributed by atoms with van der Waals surface area (Å²) in [5, 5.41) is 8.67. The van der Waals surface area contributed by atoms with Crippen LogP contribution in [0.5, 0.6) is 0 Å². The number of fused-ring (bicyclic) bond motifs is 3. The van der Waals surface area contributed by atoms with Crippen LogP contribution in [0.3, 0.4) is 0 Å². The van der Waals surface area contributed by atoms with Crippen LogP contribution in [0.2, 0.25) is 0 Å². The molecule has 1 saturated carbocycles. The summed E-state index contributed by atoms with van der Waals surface area (Å²) in [7, 11) is 0. The van der Waals surface area contributed by atoms with Crippen molar-refractivity contribution in [3.05, 3.63) is 24.3 Å². The fourth-order valence-corrected chi connectivity index (χ4v) is 3.02. The Labute approximate surface area is 127 Å². The van der Waals surface area contributed by atoms with Crippen molar-refractivity contribution in [1.82, 2.24) is 24.6 Å². The SMILES string of the molecule is CC(N)=O.c1cc2c(ncc3nnc(C4CCCCC4)n32)[nH]1. The molecule has 4 rings (SSSR count). The van der Waals surface area contributed by atoms with Crippen LogP contribution in [0, 0.1) is 0 Å². The second-order valence-corrected chi connectivity index (χ2v) is 5.67. The summed E-state index contributed by atoms with van der Waals surface area (Å²) in [6, 6.07) is 2.05. The third-order valence-electron chi connectivity index (χ3n) is 3.94. The highest BCUT2D eigenvalue weighted by atomic mass is 16.1. The minimum atomic E-state index is -0.333. The summed E-state index contributed by atoms with van der Waals surface area (Å²) in [5.41, 5.74) is 7.31. The van der Waals surface area contributed by atoms with Gasteiger partial charge in [0.15, 0.2) is 11.3 Å². The second kappa shape index (κ2) is 6.13. The van der Waals surface area contributed by atoms with Crippen molar-refractivity contribution in [2.24, 2.45) is 5.73 Å². The molecule has 3 aromatic rings. The number of hydrogen-bond donors (Lipinski definition) is 2. The van der Waals surface area contributed by atoms with Gasteiger partial charge in [-0.3, -0.25) is 9.20 Å². The monoisotopic (exact) mass is 300 g/mol. The van der Waals surface area contributed by atoms with Crippen molar-refractivity contribution in [1.29, 1.82) is 0 Å². The van der Waals surface area contributed by atoms with E-state index in [4.69, 9.17) is 0 Å². The molecule has 1 amide bonds. The van der Waals surface area contributed by atoms with Crippen LogP contribution in [-0.2, 0) is 4.79 Å². The molecule has 0 aliphatic heterocycles. The minimum Gasteiger partial charge on any atom is -0.370 e. The Morgan fingerprint density at radius 3 is 2.77 bits per heavy atom. The lowest BCUT2D eigenvalue weighted by Gasteiger charge is -2.19. The topological polar surface area (TPSA) is 102 Å². The lowest BCUT2D eigenvalue weighted by atomic mass is 9.89. The van der Waals surface area contributed by atoms with Crippen molar-refractivity contribution in [2.45, 2.75) is 44.9 Å². The standard InChI is InChI=1S/C13H15N5.C2H5NO/c1-2-4-9(5-3-1)13-17-16-11-8-15-12-10(18(11)13)6-7-14-12;1-2(3)4/h6-9,14H,1-5H2;1H3,(H2,3,4). The third kappa shape index (κ3) is 2.79. The first-order valence-electron chi connectivity index (χ1n) is 7.60. The Balaban J connectivity index is 0.000000325. The number of carbonyl (C=O) groups is 1. The summed E-state index contributed by atoms with van der Waals surface area (Å²) < 4.78 is 2.16. The van der Waals surface area contributed by atoms with Gasteiger partial charge in [0.05, 0.1) is 11.7 Å². The zero-order valence-corrected chi connectivity index (χ0v) is 12.6. The minimum absolute atomic E-state index is 0.333. The molecule has 3 heterocycles. The third-order valence-corrected chi connectivity index (χ3v) is 3.94. The van der Waals surface area contributed by atoms with Crippen LogP contribution < -0.4 is 5.73 Å². The lowest BCUT2D eigenvalue weighted by Crippen LogP contribution is -2.09. The van der Waals surface area contributed by atoms with Gasteiger partial charge >= 0.3 is 0 Å². The summed E-state index contributed by atoms with van der Waals surface area (Å²) in [4.78, 5) is 16.7. The number of hydrogen-bond acceptors (Lipinski definition) is 4. The van der Waals surface area contributed by atoms with Crippen molar-refractivity contribution in [2.75, 3.05) is 0 Å². The maximum atomic E-state index is 9.22. The number of primary amides is 1. The Bertz CT molecular complexity index is 780. The Kier molecular flexibility index (Phi) is 4.04. The number of amides is 1. The predicted octanol–water partition coefficient (Wildman–Crippen LogP) is 2.14. The van der Waals surface area contributed by atoms with Crippen molar-refractivity contribution in [3.8, 4) is 0 Å². The molecule has 0 atom stereocenters. The van der Waals surface area contributed by atoms with Gasteiger partial charge in [0.2, 0.25) is 5.91 Å². The van der Waals surface area contributed by atoms with Crippen LogP contribution in [0.1, 0.15) is 50.8 Å². The summed E-state index contributed by atoms with van der Waals surface area (Å²) in [6.07, 6.45) is 10.1. The van der Waals surface area contributed by atoms with Gasteiger partial charge < -0.3 is 10.7 Å². The summed E-state index contributed by atoms with van der Waals surface area (Å²) in [5.74, 6) is 1.32. The molecular formula is C15H20N6O. The molecule has 0 aromatic carbocycles. The highest BCUT2D eigenvalue weighted by molar-refractivity contribution is 5.74. The van der Waals surface area contributed by atoms with Crippen LogP contribution in [0.15, 0.2) is 18.5 Å². The van der Waals surface area contributed by atoms with E-state index in [0.717, 1.165) is 22.6 Å². The highest BCUT2D eigenvalue weighted by Gasteiger charge is 2.21. The molecule has 3 aromatic heterocycles. The van der Waals surface area contributed by atoms with Crippen LogP contribution in [0.4, 0.5) is 0 Å². The number of aromatic amines is 1. The van der Waals surface area contributed by atoms with Gasteiger partial charge in [-0.2, -0.15) is 0 Å². The molecule has 116 valence electrons. The van der Waals surface area contributed by atoms with E-state index < -0.39 is 0 Å². The van der Waals surface area contributed by atoms with E-state index in [1.165, 1.54) is 39.0 Å². The molecule has 0 unspecified atom stereocenters. The largest absolute Gasteiger partial charge is 0.370 e. The molecule has 1 aliphatic carbocycles. The predicted molar refractivity (Wildman–Crippen MR) is 83.3 cm³/mol.